The zero-order valence-corrected chi connectivity index (χ0v) is 10.4. The maximum atomic E-state index is 10.8. The molecule has 1 heterocycles. The van der Waals surface area contributed by atoms with Gasteiger partial charge in [0.05, 0.1) is 12.5 Å². The van der Waals surface area contributed by atoms with Gasteiger partial charge in [-0.1, -0.05) is 0 Å². The Bertz CT molecular complexity index is 313. The van der Waals surface area contributed by atoms with E-state index in [0.29, 0.717) is 19.0 Å². The highest BCUT2D eigenvalue weighted by Crippen LogP contribution is 2.28. The minimum atomic E-state index is -0.662. The molecule has 1 aliphatic heterocycles. The minimum Gasteiger partial charge on any atom is -0.481 e. The first-order valence-corrected chi connectivity index (χ1v) is 6.53. The number of carbonyl (C=O) groups is 2. The number of alkyl carbamates (subject to hydrolysis) is 1. The average molecular weight is 256 g/mol. The lowest BCUT2D eigenvalue weighted by atomic mass is 9.82. The van der Waals surface area contributed by atoms with Crippen LogP contribution in [0.25, 0.3) is 0 Å². The van der Waals surface area contributed by atoms with E-state index in [1.54, 1.807) is 0 Å². The largest absolute Gasteiger partial charge is 0.481 e. The Morgan fingerprint density at radius 3 is 2.61 bits per heavy atom. The molecule has 0 spiro atoms. The molecule has 6 heteroatoms. The summed E-state index contributed by atoms with van der Waals surface area (Å²) in [6.45, 7) is 2.11. The van der Waals surface area contributed by atoms with Gasteiger partial charge in [0.2, 0.25) is 0 Å². The van der Waals surface area contributed by atoms with Crippen LogP contribution in [0.4, 0.5) is 4.79 Å². The zero-order valence-electron chi connectivity index (χ0n) is 10.4. The number of hydrogen-bond acceptors (Lipinski definition) is 4. The smallest absolute Gasteiger partial charge is 0.407 e. The molecule has 2 aliphatic rings. The van der Waals surface area contributed by atoms with Gasteiger partial charge >= 0.3 is 12.1 Å². The maximum absolute atomic E-state index is 10.8. The van der Waals surface area contributed by atoms with Crippen molar-refractivity contribution >= 4 is 12.1 Å². The Morgan fingerprint density at radius 2 is 2.06 bits per heavy atom. The number of amides is 1. The molecular formula is C12H20N2O4. The first-order chi connectivity index (χ1) is 8.65. The van der Waals surface area contributed by atoms with Crippen molar-refractivity contribution in [2.24, 2.45) is 11.8 Å². The van der Waals surface area contributed by atoms with Crippen LogP contribution in [-0.2, 0) is 9.53 Å². The summed E-state index contributed by atoms with van der Waals surface area (Å²) in [5, 5.41) is 14.8. The average Bonchev–Trinajstić information content (AvgIpc) is 2.76. The van der Waals surface area contributed by atoms with Crippen molar-refractivity contribution in [3.63, 3.8) is 0 Å². The molecule has 1 amide bonds. The van der Waals surface area contributed by atoms with E-state index in [2.05, 4.69) is 10.6 Å². The zero-order chi connectivity index (χ0) is 13.0. The molecule has 1 atom stereocenters. The van der Waals surface area contributed by atoms with Crippen molar-refractivity contribution < 1.29 is 19.4 Å². The van der Waals surface area contributed by atoms with E-state index in [-0.39, 0.29) is 18.1 Å². The number of aliphatic carboxylic acids is 1. The van der Waals surface area contributed by atoms with E-state index in [1.807, 2.05) is 0 Å². The van der Waals surface area contributed by atoms with Gasteiger partial charge in [0.15, 0.2) is 0 Å². The quantitative estimate of drug-likeness (QED) is 0.669. The van der Waals surface area contributed by atoms with Crippen molar-refractivity contribution in [1.82, 2.24) is 10.6 Å². The van der Waals surface area contributed by atoms with Crippen LogP contribution in [0.5, 0.6) is 0 Å². The molecule has 3 N–H and O–H groups in total. The van der Waals surface area contributed by atoms with Gasteiger partial charge in [-0.05, 0) is 38.1 Å². The van der Waals surface area contributed by atoms with Crippen LogP contribution in [0.15, 0.2) is 0 Å². The lowest BCUT2D eigenvalue weighted by Gasteiger charge is -2.26. The van der Waals surface area contributed by atoms with Crippen LogP contribution in [0.3, 0.4) is 0 Å². The predicted octanol–water partition coefficient (Wildman–Crippen LogP) is 0.575. The summed E-state index contributed by atoms with van der Waals surface area (Å²) in [4.78, 5) is 21.6. The fourth-order valence-corrected chi connectivity index (χ4v) is 2.61. The molecule has 1 saturated carbocycles. The number of rotatable bonds is 5. The first kappa shape index (κ1) is 13.1. The van der Waals surface area contributed by atoms with E-state index in [1.165, 1.54) is 0 Å². The lowest BCUT2D eigenvalue weighted by Crippen LogP contribution is -2.34. The molecule has 0 aromatic rings. The summed E-state index contributed by atoms with van der Waals surface area (Å²) >= 11 is 0. The first-order valence-electron chi connectivity index (χ1n) is 6.53. The summed E-state index contributed by atoms with van der Waals surface area (Å²) in [6.07, 6.45) is 3.07. The van der Waals surface area contributed by atoms with Crippen LogP contribution in [0.2, 0.25) is 0 Å². The number of hydrogen-bond donors (Lipinski definition) is 3. The summed E-state index contributed by atoms with van der Waals surface area (Å²) in [7, 11) is 0. The molecule has 102 valence electrons. The van der Waals surface area contributed by atoms with Crippen molar-refractivity contribution in [1.29, 1.82) is 0 Å². The maximum Gasteiger partial charge on any atom is 0.407 e. The van der Waals surface area contributed by atoms with E-state index in [9.17, 15) is 9.59 Å². The summed E-state index contributed by atoms with van der Waals surface area (Å²) in [6, 6.07) is 0. The van der Waals surface area contributed by atoms with Crippen LogP contribution >= 0.6 is 0 Å². The van der Waals surface area contributed by atoms with Gasteiger partial charge in [-0.2, -0.15) is 0 Å². The summed E-state index contributed by atoms with van der Waals surface area (Å²) in [5.41, 5.74) is 0. The fraction of sp³-hybridized carbons (Fsp3) is 0.833. The second-order valence-corrected chi connectivity index (χ2v) is 5.12. The Morgan fingerprint density at radius 1 is 1.33 bits per heavy atom. The van der Waals surface area contributed by atoms with Crippen molar-refractivity contribution in [3.05, 3.63) is 0 Å². The molecular weight excluding hydrogens is 236 g/mol. The van der Waals surface area contributed by atoms with Crippen LogP contribution in [-0.4, -0.2) is 42.9 Å². The molecule has 0 aromatic heterocycles. The number of ether oxygens (including phenoxy) is 1. The Balaban J connectivity index is 1.58. The van der Waals surface area contributed by atoms with E-state index in [0.717, 1.165) is 32.2 Å². The molecule has 0 aromatic carbocycles. The van der Waals surface area contributed by atoms with Crippen LogP contribution in [0.1, 0.15) is 25.7 Å². The number of nitrogens with one attached hydrogen (secondary N) is 2. The molecule has 1 aliphatic carbocycles. The highest BCUT2D eigenvalue weighted by atomic mass is 16.6. The highest BCUT2D eigenvalue weighted by Gasteiger charge is 2.26. The standard InChI is InChI=1S/C12H20N2O4/c15-11(16)9-3-1-8(2-4-9)5-13-6-10-7-14-12(17)18-10/h8-10,13H,1-7H2,(H,14,17)(H,15,16). The van der Waals surface area contributed by atoms with Crippen LogP contribution < -0.4 is 10.6 Å². The number of carboxylic acids is 1. The number of cyclic esters (lactones) is 1. The molecule has 6 nitrogen and oxygen atoms in total. The second kappa shape index (κ2) is 6.04. The van der Waals surface area contributed by atoms with E-state index < -0.39 is 5.97 Å². The van der Waals surface area contributed by atoms with Gasteiger partial charge in [-0.25, -0.2) is 4.79 Å². The third-order valence-corrected chi connectivity index (χ3v) is 3.75. The molecule has 2 rings (SSSR count). The highest BCUT2D eigenvalue weighted by molar-refractivity contribution is 5.70. The minimum absolute atomic E-state index is 0.0761. The SMILES string of the molecule is O=C1NCC(CNCC2CCC(C(=O)O)CC2)O1. The molecule has 0 radical (unpaired) electrons. The Kier molecular flexibility index (Phi) is 4.41. The molecule has 18 heavy (non-hydrogen) atoms. The van der Waals surface area contributed by atoms with Gasteiger partial charge in [0, 0.05) is 6.54 Å². The van der Waals surface area contributed by atoms with Gasteiger partial charge in [0.25, 0.3) is 0 Å². The predicted molar refractivity (Wildman–Crippen MR) is 64.2 cm³/mol. The monoisotopic (exact) mass is 256 g/mol. The molecule has 0 bridgehead atoms. The van der Waals surface area contributed by atoms with Gasteiger partial charge in [0.1, 0.15) is 6.10 Å². The van der Waals surface area contributed by atoms with E-state index in [4.69, 9.17) is 9.84 Å². The third kappa shape index (κ3) is 3.60. The van der Waals surface area contributed by atoms with Crippen molar-refractivity contribution in [2.75, 3.05) is 19.6 Å². The van der Waals surface area contributed by atoms with E-state index >= 15 is 0 Å². The van der Waals surface area contributed by atoms with Gasteiger partial charge in [-0.15, -0.1) is 0 Å². The fourth-order valence-electron chi connectivity index (χ4n) is 2.61. The van der Waals surface area contributed by atoms with Crippen LogP contribution in [0, 0.1) is 11.8 Å². The third-order valence-electron chi connectivity index (χ3n) is 3.75. The number of carboxylic acid groups (broad SMARTS) is 1. The normalized spacial score (nSPS) is 31.8. The Labute approximate surface area is 106 Å². The van der Waals surface area contributed by atoms with Crippen molar-refractivity contribution in [2.45, 2.75) is 31.8 Å². The second-order valence-electron chi connectivity index (χ2n) is 5.12. The van der Waals surface area contributed by atoms with Gasteiger partial charge in [-0.3, -0.25) is 4.79 Å². The lowest BCUT2D eigenvalue weighted by molar-refractivity contribution is -0.143. The topological polar surface area (TPSA) is 87.7 Å². The molecule has 1 unspecified atom stereocenters. The molecule has 1 saturated heterocycles. The Hall–Kier alpha value is -1.30. The molecule has 2 fully saturated rings. The summed E-state index contributed by atoms with van der Waals surface area (Å²) in [5.74, 6) is -0.266. The number of carbonyl (C=O) groups excluding carboxylic acids is 1. The summed E-state index contributed by atoms with van der Waals surface area (Å²) < 4.78 is 5.01. The van der Waals surface area contributed by atoms with Gasteiger partial charge < -0.3 is 20.5 Å². The van der Waals surface area contributed by atoms with Crippen molar-refractivity contribution in [3.8, 4) is 0 Å².